The number of piperazine rings is 1. The zero-order chi connectivity index (χ0) is 16.5. The Labute approximate surface area is 138 Å². The van der Waals surface area contributed by atoms with Gasteiger partial charge in [-0.05, 0) is 19.1 Å². The monoisotopic (exact) mass is 326 g/mol. The van der Waals surface area contributed by atoms with Gasteiger partial charge in [-0.1, -0.05) is 17.3 Å². The maximum absolute atomic E-state index is 12.2. The molecule has 2 aromatic heterocycles. The van der Waals surface area contributed by atoms with Crippen LogP contribution in [-0.2, 0) is 6.54 Å². The first-order chi connectivity index (χ1) is 11.7. The number of aryl methyl sites for hydroxylation is 1. The molecule has 8 heteroatoms. The fourth-order valence-electron chi connectivity index (χ4n) is 2.94. The Morgan fingerprint density at radius 3 is 2.71 bits per heavy atom. The first kappa shape index (κ1) is 14.8. The van der Waals surface area contributed by atoms with Gasteiger partial charge in [0, 0.05) is 26.2 Å². The molecule has 3 aromatic rings. The van der Waals surface area contributed by atoms with E-state index in [9.17, 15) is 4.79 Å². The lowest BCUT2D eigenvalue weighted by molar-refractivity contribution is 0.214. The van der Waals surface area contributed by atoms with Gasteiger partial charge >= 0.3 is 0 Å². The topological polar surface area (TPSA) is 91.2 Å². The molecule has 1 saturated heterocycles. The Balaban J connectivity index is 1.46. The second-order valence-electron chi connectivity index (χ2n) is 5.91. The average molecular weight is 326 g/mol. The van der Waals surface area contributed by atoms with Crippen molar-refractivity contribution >= 4 is 16.9 Å². The molecule has 0 bridgehead atoms. The number of aromatic nitrogens is 4. The molecule has 8 nitrogen and oxygen atoms in total. The molecule has 4 rings (SSSR count). The van der Waals surface area contributed by atoms with Crippen LogP contribution < -0.4 is 10.5 Å². The number of anilines is 1. The summed E-state index contributed by atoms with van der Waals surface area (Å²) in [5.74, 6) is 1.92. The molecule has 1 fully saturated rings. The first-order valence-electron chi connectivity index (χ1n) is 7.94. The maximum atomic E-state index is 12.2. The van der Waals surface area contributed by atoms with Crippen molar-refractivity contribution in [2.24, 2.45) is 0 Å². The molecule has 124 valence electrons. The lowest BCUT2D eigenvalue weighted by Crippen LogP contribution is -2.47. The van der Waals surface area contributed by atoms with Gasteiger partial charge in [-0.2, -0.15) is 4.98 Å². The van der Waals surface area contributed by atoms with Gasteiger partial charge in [0.1, 0.15) is 0 Å². The minimum absolute atomic E-state index is 0.0978. The normalized spacial score (nSPS) is 16.0. The van der Waals surface area contributed by atoms with Crippen LogP contribution >= 0.6 is 0 Å². The Morgan fingerprint density at radius 1 is 1.17 bits per heavy atom. The summed E-state index contributed by atoms with van der Waals surface area (Å²) in [6.07, 6.45) is 0. The average Bonchev–Trinajstić information content (AvgIpc) is 3.00. The van der Waals surface area contributed by atoms with E-state index in [-0.39, 0.29) is 5.56 Å². The molecule has 1 aromatic carbocycles. The fourth-order valence-corrected chi connectivity index (χ4v) is 2.94. The van der Waals surface area contributed by atoms with E-state index in [2.05, 4.69) is 29.9 Å². The zero-order valence-corrected chi connectivity index (χ0v) is 13.4. The van der Waals surface area contributed by atoms with Gasteiger partial charge in [-0.3, -0.25) is 14.7 Å². The van der Waals surface area contributed by atoms with Crippen LogP contribution in [0.4, 0.5) is 5.95 Å². The molecule has 1 N–H and O–H groups in total. The molecule has 0 radical (unpaired) electrons. The van der Waals surface area contributed by atoms with Gasteiger partial charge < -0.3 is 9.42 Å². The van der Waals surface area contributed by atoms with Crippen molar-refractivity contribution in [3.8, 4) is 0 Å². The van der Waals surface area contributed by atoms with E-state index >= 15 is 0 Å². The van der Waals surface area contributed by atoms with Gasteiger partial charge in [-0.15, -0.1) is 0 Å². The number of hydrogen-bond acceptors (Lipinski definition) is 7. The van der Waals surface area contributed by atoms with Crippen molar-refractivity contribution in [1.82, 2.24) is 25.0 Å². The number of fused-ring (bicyclic) bond motifs is 1. The first-order valence-corrected chi connectivity index (χ1v) is 7.94. The van der Waals surface area contributed by atoms with E-state index in [1.807, 2.05) is 25.1 Å². The van der Waals surface area contributed by atoms with Crippen molar-refractivity contribution in [3.05, 3.63) is 46.3 Å². The molecule has 0 aliphatic carbocycles. The van der Waals surface area contributed by atoms with Crippen LogP contribution in [-0.4, -0.2) is 51.2 Å². The van der Waals surface area contributed by atoms with Gasteiger partial charge in [0.2, 0.25) is 11.8 Å². The molecule has 0 saturated carbocycles. The minimum atomic E-state index is -0.0978. The molecular weight excluding hydrogens is 308 g/mol. The van der Waals surface area contributed by atoms with Crippen molar-refractivity contribution in [1.29, 1.82) is 0 Å². The van der Waals surface area contributed by atoms with Crippen LogP contribution in [0.5, 0.6) is 0 Å². The third-order valence-electron chi connectivity index (χ3n) is 4.20. The van der Waals surface area contributed by atoms with Gasteiger partial charge in [0.15, 0.2) is 5.82 Å². The number of benzene rings is 1. The van der Waals surface area contributed by atoms with Crippen molar-refractivity contribution in [3.63, 3.8) is 0 Å². The maximum Gasteiger partial charge on any atom is 0.260 e. The Kier molecular flexibility index (Phi) is 3.73. The predicted molar refractivity (Wildman–Crippen MR) is 88.9 cm³/mol. The number of H-pyrrole nitrogens is 1. The largest absolute Gasteiger partial charge is 0.340 e. The summed E-state index contributed by atoms with van der Waals surface area (Å²) in [4.78, 5) is 28.2. The quantitative estimate of drug-likeness (QED) is 0.766. The minimum Gasteiger partial charge on any atom is -0.340 e. The zero-order valence-electron chi connectivity index (χ0n) is 13.4. The highest BCUT2D eigenvalue weighted by atomic mass is 16.5. The van der Waals surface area contributed by atoms with E-state index in [0.717, 1.165) is 31.7 Å². The van der Waals surface area contributed by atoms with Crippen LogP contribution in [0.1, 0.15) is 11.7 Å². The molecule has 0 unspecified atom stereocenters. The van der Waals surface area contributed by atoms with E-state index in [1.165, 1.54) is 0 Å². The summed E-state index contributed by atoms with van der Waals surface area (Å²) < 4.78 is 5.17. The summed E-state index contributed by atoms with van der Waals surface area (Å²) in [6.45, 7) is 5.72. The van der Waals surface area contributed by atoms with Crippen LogP contribution in [0.15, 0.2) is 33.6 Å². The Bertz CT molecular complexity index is 910. The molecule has 24 heavy (non-hydrogen) atoms. The van der Waals surface area contributed by atoms with Crippen LogP contribution in [0.3, 0.4) is 0 Å². The summed E-state index contributed by atoms with van der Waals surface area (Å²) in [5.41, 5.74) is 0.624. The highest BCUT2D eigenvalue weighted by molar-refractivity contribution is 5.78. The van der Waals surface area contributed by atoms with Crippen LogP contribution in [0, 0.1) is 6.92 Å². The highest BCUT2D eigenvalue weighted by Crippen LogP contribution is 2.14. The summed E-state index contributed by atoms with van der Waals surface area (Å²) in [5, 5.41) is 4.43. The lowest BCUT2D eigenvalue weighted by Gasteiger charge is -2.34. The van der Waals surface area contributed by atoms with E-state index in [4.69, 9.17) is 4.52 Å². The molecule has 0 atom stereocenters. The third kappa shape index (κ3) is 2.88. The van der Waals surface area contributed by atoms with Crippen molar-refractivity contribution in [2.45, 2.75) is 13.5 Å². The number of aromatic amines is 1. The number of para-hydroxylation sites is 1. The van der Waals surface area contributed by atoms with Crippen molar-refractivity contribution in [2.75, 3.05) is 31.1 Å². The van der Waals surface area contributed by atoms with Gasteiger partial charge in [0.05, 0.1) is 17.4 Å². The Morgan fingerprint density at radius 2 is 1.96 bits per heavy atom. The Hall–Kier alpha value is -2.74. The smallest absolute Gasteiger partial charge is 0.260 e. The molecule has 1 aliphatic rings. The molecule has 0 amide bonds. The summed E-state index contributed by atoms with van der Waals surface area (Å²) >= 11 is 0. The van der Waals surface area contributed by atoms with Crippen LogP contribution in [0.2, 0.25) is 0 Å². The van der Waals surface area contributed by atoms with E-state index in [0.29, 0.717) is 29.6 Å². The SMILES string of the molecule is Cc1noc(CN2CCN(c3nc4ccccc4c(=O)[nH]3)CC2)n1. The number of nitrogens with one attached hydrogen (secondary N) is 1. The third-order valence-corrected chi connectivity index (χ3v) is 4.20. The fraction of sp³-hybridized carbons (Fsp3) is 0.375. The van der Waals surface area contributed by atoms with E-state index in [1.54, 1.807) is 6.07 Å². The number of hydrogen-bond donors (Lipinski definition) is 1. The second kappa shape index (κ2) is 6.04. The summed E-state index contributed by atoms with van der Waals surface area (Å²) in [7, 11) is 0. The van der Waals surface area contributed by atoms with Crippen molar-refractivity contribution < 1.29 is 4.52 Å². The van der Waals surface area contributed by atoms with Gasteiger partial charge in [-0.25, -0.2) is 4.98 Å². The molecular formula is C16H18N6O2. The number of nitrogens with zero attached hydrogens (tertiary/aromatic N) is 5. The molecule has 1 aliphatic heterocycles. The highest BCUT2D eigenvalue weighted by Gasteiger charge is 2.21. The predicted octanol–water partition coefficient (Wildman–Crippen LogP) is 0.937. The van der Waals surface area contributed by atoms with Gasteiger partial charge in [0.25, 0.3) is 5.56 Å². The second-order valence-corrected chi connectivity index (χ2v) is 5.91. The van der Waals surface area contributed by atoms with E-state index < -0.39 is 0 Å². The standard InChI is InChI=1S/C16H18N6O2/c1-11-17-14(24-20-11)10-21-6-8-22(9-7-21)16-18-13-5-3-2-4-12(13)15(23)19-16/h2-5H,6-10H2,1H3,(H,18,19,23). The molecule has 3 heterocycles. The summed E-state index contributed by atoms with van der Waals surface area (Å²) in [6, 6.07) is 7.39. The molecule has 0 spiro atoms. The number of rotatable bonds is 3. The van der Waals surface area contributed by atoms with Crippen LogP contribution in [0.25, 0.3) is 10.9 Å². The lowest BCUT2D eigenvalue weighted by atomic mass is 10.2.